The van der Waals surface area contributed by atoms with Gasteiger partial charge in [0.1, 0.15) is 6.26 Å². The molecule has 2 aliphatic rings. The largest absolute Gasteiger partial charge is 0.472 e. The van der Waals surface area contributed by atoms with Gasteiger partial charge < -0.3 is 14.2 Å². The second-order valence-electron chi connectivity index (χ2n) is 5.38. The minimum atomic E-state index is -0.0452. The summed E-state index contributed by atoms with van der Waals surface area (Å²) in [6.07, 6.45) is 4.20. The fourth-order valence-corrected chi connectivity index (χ4v) is 4.01. The molecule has 0 spiro atoms. The van der Waals surface area contributed by atoms with Crippen molar-refractivity contribution in [1.82, 2.24) is 4.90 Å². The Labute approximate surface area is 125 Å². The molecule has 2 saturated heterocycles. The lowest BCUT2D eigenvalue weighted by Gasteiger charge is -2.24. The van der Waals surface area contributed by atoms with Gasteiger partial charge in [-0.2, -0.15) is 11.3 Å². The van der Waals surface area contributed by atoms with Crippen LogP contribution in [0.4, 0.5) is 5.69 Å². The first-order valence-corrected chi connectivity index (χ1v) is 7.87. The van der Waals surface area contributed by atoms with Gasteiger partial charge in [0, 0.05) is 18.3 Å². The van der Waals surface area contributed by atoms with Gasteiger partial charge in [-0.15, -0.1) is 0 Å². The molecule has 0 N–H and O–H groups in total. The molecule has 0 aliphatic carbocycles. The summed E-state index contributed by atoms with van der Waals surface area (Å²) in [6.45, 7) is 0.688. The summed E-state index contributed by atoms with van der Waals surface area (Å²) in [4.78, 5) is 28.5. The van der Waals surface area contributed by atoms with Crippen molar-refractivity contribution in [2.24, 2.45) is 0 Å². The maximum absolute atomic E-state index is 12.5. The van der Waals surface area contributed by atoms with Crippen LogP contribution in [0.2, 0.25) is 0 Å². The summed E-state index contributed by atoms with van der Waals surface area (Å²) in [5.41, 5.74) is 1.51. The number of carbonyl (C=O) groups is 2. The first-order valence-electron chi connectivity index (χ1n) is 6.93. The zero-order chi connectivity index (χ0) is 14.4. The average molecular weight is 302 g/mol. The Morgan fingerprint density at radius 2 is 2.24 bits per heavy atom. The number of hydrogen-bond donors (Lipinski definition) is 0. The van der Waals surface area contributed by atoms with Crippen LogP contribution in [0.15, 0.2) is 39.8 Å². The molecular weight excluding hydrogens is 288 g/mol. The average Bonchev–Trinajstić information content (AvgIpc) is 3.23. The molecule has 2 aliphatic heterocycles. The van der Waals surface area contributed by atoms with E-state index in [0.29, 0.717) is 18.5 Å². The molecule has 6 heteroatoms. The first kappa shape index (κ1) is 12.6. The Balaban J connectivity index is 1.61. The Bertz CT molecular complexity index is 665. The molecule has 0 radical (unpaired) electrons. The quantitative estimate of drug-likeness (QED) is 0.855. The van der Waals surface area contributed by atoms with E-state index in [1.807, 2.05) is 26.6 Å². The first-order chi connectivity index (χ1) is 10.3. The second kappa shape index (κ2) is 4.73. The van der Waals surface area contributed by atoms with E-state index in [1.54, 1.807) is 17.4 Å². The molecule has 0 unspecified atom stereocenters. The van der Waals surface area contributed by atoms with Crippen molar-refractivity contribution in [3.05, 3.63) is 41.0 Å². The number of furan rings is 1. The number of nitrogens with zero attached hydrogens (tertiary/aromatic N) is 2. The van der Waals surface area contributed by atoms with E-state index in [0.717, 1.165) is 12.1 Å². The molecule has 2 fully saturated rings. The lowest BCUT2D eigenvalue weighted by atomic mass is 10.1. The third kappa shape index (κ3) is 1.90. The van der Waals surface area contributed by atoms with Crippen molar-refractivity contribution in [2.75, 3.05) is 11.4 Å². The smallest absolute Gasteiger partial charge is 0.257 e. The van der Waals surface area contributed by atoms with Crippen molar-refractivity contribution in [3.8, 4) is 0 Å². The van der Waals surface area contributed by atoms with Crippen molar-refractivity contribution in [3.63, 3.8) is 0 Å². The van der Waals surface area contributed by atoms with Crippen LogP contribution in [0.1, 0.15) is 23.2 Å². The van der Waals surface area contributed by atoms with Crippen molar-refractivity contribution >= 4 is 28.8 Å². The van der Waals surface area contributed by atoms with E-state index in [1.165, 1.54) is 12.5 Å². The van der Waals surface area contributed by atoms with Gasteiger partial charge in [0.15, 0.2) is 0 Å². The monoisotopic (exact) mass is 302 g/mol. The van der Waals surface area contributed by atoms with Gasteiger partial charge >= 0.3 is 0 Å². The topological polar surface area (TPSA) is 53.8 Å². The number of likely N-dealkylation sites (tertiary alicyclic amines) is 1. The lowest BCUT2D eigenvalue weighted by Crippen LogP contribution is -2.39. The van der Waals surface area contributed by atoms with Crippen LogP contribution in [0, 0.1) is 0 Å². The van der Waals surface area contributed by atoms with E-state index < -0.39 is 0 Å². The summed E-state index contributed by atoms with van der Waals surface area (Å²) in [7, 11) is 0. The highest BCUT2D eigenvalue weighted by molar-refractivity contribution is 7.08. The Hall–Kier alpha value is -2.08. The zero-order valence-electron chi connectivity index (χ0n) is 11.3. The Kier molecular flexibility index (Phi) is 2.85. The molecule has 0 aromatic carbocycles. The molecule has 108 valence electrons. The van der Waals surface area contributed by atoms with Gasteiger partial charge in [-0.05, 0) is 23.9 Å². The summed E-state index contributed by atoms with van der Waals surface area (Å²) in [5, 5.41) is 3.96. The molecule has 2 aromatic heterocycles. The Morgan fingerprint density at radius 3 is 2.95 bits per heavy atom. The van der Waals surface area contributed by atoms with Crippen molar-refractivity contribution in [2.45, 2.75) is 24.9 Å². The number of amides is 2. The molecule has 2 amide bonds. The summed E-state index contributed by atoms with van der Waals surface area (Å²) >= 11 is 1.58. The number of fused-ring (bicyclic) bond motifs is 1. The number of hydrogen-bond acceptors (Lipinski definition) is 4. The highest BCUT2D eigenvalue weighted by Gasteiger charge is 2.49. The number of rotatable bonds is 2. The van der Waals surface area contributed by atoms with Crippen molar-refractivity contribution in [1.29, 1.82) is 0 Å². The fourth-order valence-electron chi connectivity index (χ4n) is 3.38. The van der Waals surface area contributed by atoms with Crippen LogP contribution < -0.4 is 4.90 Å². The maximum atomic E-state index is 12.5. The molecule has 5 nitrogen and oxygen atoms in total. The van der Waals surface area contributed by atoms with E-state index in [4.69, 9.17) is 4.42 Å². The molecule has 0 bridgehead atoms. The van der Waals surface area contributed by atoms with E-state index in [9.17, 15) is 9.59 Å². The molecule has 4 rings (SSSR count). The molecule has 2 aromatic rings. The third-order valence-corrected chi connectivity index (χ3v) is 4.98. The van der Waals surface area contributed by atoms with E-state index in [-0.39, 0.29) is 23.9 Å². The van der Waals surface area contributed by atoms with Gasteiger partial charge in [-0.1, -0.05) is 0 Å². The van der Waals surface area contributed by atoms with E-state index in [2.05, 4.69) is 0 Å². The molecule has 4 heterocycles. The van der Waals surface area contributed by atoms with Gasteiger partial charge in [0.25, 0.3) is 5.91 Å². The van der Waals surface area contributed by atoms with Crippen LogP contribution in [-0.4, -0.2) is 35.3 Å². The molecule has 2 atom stereocenters. The SMILES string of the molecule is O=C(c1ccoc1)N1CC[C@@H]2[C@@H]1CC(=O)N2c1ccsc1. The van der Waals surface area contributed by atoms with Crippen LogP contribution in [0.25, 0.3) is 0 Å². The second-order valence-corrected chi connectivity index (χ2v) is 6.16. The number of thiophene rings is 1. The van der Waals surface area contributed by atoms with Gasteiger partial charge in [0.05, 0.1) is 29.6 Å². The third-order valence-electron chi connectivity index (χ3n) is 4.31. The van der Waals surface area contributed by atoms with E-state index >= 15 is 0 Å². The van der Waals surface area contributed by atoms with Gasteiger partial charge in [-0.25, -0.2) is 0 Å². The molecular formula is C15H14N2O3S. The molecule has 0 saturated carbocycles. The predicted molar refractivity (Wildman–Crippen MR) is 78.4 cm³/mol. The summed E-state index contributed by atoms with van der Waals surface area (Å²) < 4.78 is 4.98. The Morgan fingerprint density at radius 1 is 1.33 bits per heavy atom. The summed E-state index contributed by atoms with van der Waals surface area (Å²) in [6, 6.07) is 3.71. The standard InChI is InChI=1S/C15H14N2O3S/c18-14-7-13-12(17(14)11-3-6-21-9-11)1-4-16(13)15(19)10-2-5-20-8-10/h2-3,5-6,8-9,12-13H,1,4,7H2/t12-,13+/m1/s1. The normalized spacial score (nSPS) is 24.7. The number of carbonyl (C=O) groups excluding carboxylic acids is 2. The minimum Gasteiger partial charge on any atom is -0.472 e. The zero-order valence-corrected chi connectivity index (χ0v) is 12.1. The maximum Gasteiger partial charge on any atom is 0.257 e. The predicted octanol–water partition coefficient (Wildman–Crippen LogP) is 2.36. The minimum absolute atomic E-state index is 0.0280. The highest BCUT2D eigenvalue weighted by Crippen LogP contribution is 2.37. The van der Waals surface area contributed by atoms with Gasteiger partial charge in [-0.3, -0.25) is 9.59 Å². The molecule has 21 heavy (non-hydrogen) atoms. The van der Waals surface area contributed by atoms with Crippen LogP contribution in [-0.2, 0) is 4.79 Å². The number of anilines is 1. The van der Waals surface area contributed by atoms with Gasteiger partial charge in [0.2, 0.25) is 5.91 Å². The highest BCUT2D eigenvalue weighted by atomic mass is 32.1. The fraction of sp³-hybridized carbons (Fsp3) is 0.333. The van der Waals surface area contributed by atoms with Crippen LogP contribution >= 0.6 is 11.3 Å². The van der Waals surface area contributed by atoms with Crippen LogP contribution in [0.5, 0.6) is 0 Å². The van der Waals surface area contributed by atoms with Crippen molar-refractivity contribution < 1.29 is 14.0 Å². The van der Waals surface area contributed by atoms with Crippen LogP contribution in [0.3, 0.4) is 0 Å². The lowest BCUT2D eigenvalue weighted by molar-refractivity contribution is -0.117. The summed E-state index contributed by atoms with van der Waals surface area (Å²) in [5.74, 6) is 0.0595.